The maximum absolute atomic E-state index is 5.50. The van der Waals surface area contributed by atoms with Gasteiger partial charge >= 0.3 is 0 Å². The van der Waals surface area contributed by atoms with E-state index >= 15 is 0 Å². The van der Waals surface area contributed by atoms with Gasteiger partial charge in [-0.1, -0.05) is 0 Å². The number of aromatic nitrogens is 4. The second-order valence-corrected chi connectivity index (χ2v) is 2.07. The van der Waals surface area contributed by atoms with Gasteiger partial charge in [0.2, 0.25) is 5.95 Å². The third-order valence-electron chi connectivity index (χ3n) is 1.33. The number of nitrogens with two attached hydrogens (primary N) is 2. The van der Waals surface area contributed by atoms with Crippen molar-refractivity contribution in [2.75, 3.05) is 11.5 Å². The van der Waals surface area contributed by atoms with E-state index in [4.69, 9.17) is 11.5 Å². The van der Waals surface area contributed by atoms with Crippen molar-refractivity contribution in [1.82, 2.24) is 19.9 Å². The lowest BCUT2D eigenvalue weighted by molar-refractivity contribution is 1.22. The molecule has 2 rings (SSSR count). The Kier molecular flexibility index (Phi) is 3.70. The van der Waals surface area contributed by atoms with Crippen molar-refractivity contribution in [3.63, 3.8) is 0 Å². The first-order valence-electron chi connectivity index (χ1n) is 2.99. The van der Waals surface area contributed by atoms with E-state index in [-0.39, 0.29) is 30.8 Å². The van der Waals surface area contributed by atoms with E-state index in [0.29, 0.717) is 17.0 Å². The number of rotatable bonds is 0. The van der Waals surface area contributed by atoms with Gasteiger partial charge < -0.3 is 16.5 Å². The lowest BCUT2D eigenvalue weighted by atomic mass is 10.5. The van der Waals surface area contributed by atoms with Crippen LogP contribution in [0.1, 0.15) is 0 Å². The summed E-state index contributed by atoms with van der Waals surface area (Å²) in [5, 5.41) is 0. The maximum Gasteiger partial charge on any atom is 0.224 e. The Hall–Kier alpha value is -1.27. The zero-order chi connectivity index (χ0) is 7.84. The normalized spacial score (nSPS) is 8.92. The molecule has 13 heavy (non-hydrogen) atoms. The lowest BCUT2D eigenvalue weighted by Gasteiger charge is -1.94. The molecule has 72 valence electrons. The fourth-order valence-electron chi connectivity index (χ4n) is 0.873. The number of nitrogen functional groups attached to an aromatic ring is 2. The van der Waals surface area contributed by atoms with Gasteiger partial charge in [0.25, 0.3) is 0 Å². The van der Waals surface area contributed by atoms with Crippen LogP contribution in [-0.2, 0) is 0 Å². The number of imidazole rings is 1. The SMILES string of the molecule is Cl.Cl.Nc1nc(N)c2[nH]cnc2n1. The lowest BCUT2D eigenvalue weighted by Crippen LogP contribution is -1.99. The molecule has 0 aliphatic heterocycles. The highest BCUT2D eigenvalue weighted by molar-refractivity contribution is 5.85. The van der Waals surface area contributed by atoms with Crippen LogP contribution >= 0.6 is 24.8 Å². The minimum Gasteiger partial charge on any atom is -0.382 e. The minimum absolute atomic E-state index is 0. The molecule has 0 fully saturated rings. The molecule has 0 radical (unpaired) electrons. The zero-order valence-electron chi connectivity index (χ0n) is 6.39. The van der Waals surface area contributed by atoms with Gasteiger partial charge in [0.15, 0.2) is 11.5 Å². The zero-order valence-corrected chi connectivity index (χ0v) is 8.02. The summed E-state index contributed by atoms with van der Waals surface area (Å²) >= 11 is 0. The van der Waals surface area contributed by atoms with Crippen LogP contribution in [0, 0.1) is 0 Å². The summed E-state index contributed by atoms with van der Waals surface area (Å²) in [4.78, 5) is 14.3. The molecule has 8 heteroatoms. The topological polar surface area (TPSA) is 106 Å². The highest BCUT2D eigenvalue weighted by atomic mass is 35.5. The highest BCUT2D eigenvalue weighted by Gasteiger charge is 2.03. The van der Waals surface area contributed by atoms with Crippen LogP contribution in [0.5, 0.6) is 0 Å². The average Bonchev–Trinajstić information content (AvgIpc) is 2.34. The smallest absolute Gasteiger partial charge is 0.224 e. The van der Waals surface area contributed by atoms with Crippen molar-refractivity contribution in [3.05, 3.63) is 6.33 Å². The van der Waals surface area contributed by atoms with E-state index in [0.717, 1.165) is 0 Å². The molecular formula is C5H8Cl2N6. The van der Waals surface area contributed by atoms with Gasteiger partial charge in [-0.15, -0.1) is 24.8 Å². The Labute approximate surface area is 86.0 Å². The Bertz CT molecular complexity index is 399. The van der Waals surface area contributed by atoms with Crippen LogP contribution < -0.4 is 11.5 Å². The predicted octanol–water partition coefficient (Wildman–Crippen LogP) is 0.361. The van der Waals surface area contributed by atoms with Crippen molar-refractivity contribution in [3.8, 4) is 0 Å². The predicted molar refractivity (Wildman–Crippen MR) is 55.0 cm³/mol. The molecule has 0 atom stereocenters. The molecule has 0 amide bonds. The fourth-order valence-corrected chi connectivity index (χ4v) is 0.873. The molecule has 5 N–H and O–H groups in total. The molecule has 2 aromatic rings. The largest absolute Gasteiger partial charge is 0.382 e. The first-order valence-corrected chi connectivity index (χ1v) is 2.99. The summed E-state index contributed by atoms with van der Waals surface area (Å²) in [6.07, 6.45) is 1.50. The van der Waals surface area contributed by atoms with Gasteiger partial charge in [0.05, 0.1) is 6.33 Å². The number of halogens is 2. The number of H-pyrrole nitrogens is 1. The Balaban J connectivity index is 0.000000720. The summed E-state index contributed by atoms with van der Waals surface area (Å²) in [6, 6.07) is 0. The van der Waals surface area contributed by atoms with Crippen molar-refractivity contribution in [1.29, 1.82) is 0 Å². The standard InChI is InChI=1S/C5H6N6.2ClH/c6-3-2-4(9-1-8-2)11-5(7)10-3;;/h1H,(H5,6,7,8,9,10,11);2*1H. The van der Waals surface area contributed by atoms with Crippen LogP contribution in [0.25, 0.3) is 11.2 Å². The Morgan fingerprint density at radius 1 is 1.15 bits per heavy atom. The van der Waals surface area contributed by atoms with Crippen LogP contribution in [-0.4, -0.2) is 19.9 Å². The minimum atomic E-state index is 0. The van der Waals surface area contributed by atoms with Gasteiger partial charge in [0, 0.05) is 0 Å². The van der Waals surface area contributed by atoms with Gasteiger partial charge in [-0.25, -0.2) is 4.98 Å². The number of aromatic amines is 1. The third-order valence-corrected chi connectivity index (χ3v) is 1.33. The van der Waals surface area contributed by atoms with E-state index in [1.54, 1.807) is 0 Å². The third kappa shape index (κ3) is 1.90. The van der Waals surface area contributed by atoms with E-state index in [1.807, 2.05) is 0 Å². The molecule has 0 spiro atoms. The average molecular weight is 223 g/mol. The molecule has 2 heterocycles. The van der Waals surface area contributed by atoms with Crippen LogP contribution in [0.15, 0.2) is 6.33 Å². The number of fused-ring (bicyclic) bond motifs is 1. The molecule has 0 unspecified atom stereocenters. The van der Waals surface area contributed by atoms with Gasteiger partial charge in [-0.05, 0) is 0 Å². The van der Waals surface area contributed by atoms with Crippen LogP contribution in [0.3, 0.4) is 0 Å². The summed E-state index contributed by atoms with van der Waals surface area (Å²) < 4.78 is 0. The second kappa shape index (κ2) is 4.11. The molecule has 2 aromatic heterocycles. The first kappa shape index (κ1) is 11.7. The van der Waals surface area contributed by atoms with E-state index in [9.17, 15) is 0 Å². The summed E-state index contributed by atoms with van der Waals surface area (Å²) in [7, 11) is 0. The number of anilines is 2. The first-order chi connectivity index (χ1) is 5.27. The Morgan fingerprint density at radius 2 is 1.85 bits per heavy atom. The monoisotopic (exact) mass is 222 g/mol. The number of hydrogen-bond donors (Lipinski definition) is 3. The molecule has 0 bridgehead atoms. The second-order valence-electron chi connectivity index (χ2n) is 2.07. The van der Waals surface area contributed by atoms with Gasteiger partial charge in [-0.2, -0.15) is 9.97 Å². The molecule has 0 saturated heterocycles. The fraction of sp³-hybridized carbons (Fsp3) is 0. The summed E-state index contributed by atoms with van der Waals surface area (Å²) in [5.41, 5.74) is 11.9. The van der Waals surface area contributed by atoms with Gasteiger partial charge in [0.1, 0.15) is 5.52 Å². The van der Waals surface area contributed by atoms with Crippen molar-refractivity contribution < 1.29 is 0 Å². The van der Waals surface area contributed by atoms with E-state index in [2.05, 4.69) is 19.9 Å². The molecule has 6 nitrogen and oxygen atoms in total. The van der Waals surface area contributed by atoms with E-state index < -0.39 is 0 Å². The van der Waals surface area contributed by atoms with Crippen LogP contribution in [0.4, 0.5) is 11.8 Å². The molecule has 0 saturated carbocycles. The van der Waals surface area contributed by atoms with Gasteiger partial charge in [-0.3, -0.25) is 0 Å². The van der Waals surface area contributed by atoms with Crippen molar-refractivity contribution >= 4 is 47.7 Å². The van der Waals surface area contributed by atoms with Crippen molar-refractivity contribution in [2.24, 2.45) is 0 Å². The number of nitrogens with zero attached hydrogens (tertiary/aromatic N) is 3. The maximum atomic E-state index is 5.50. The quantitative estimate of drug-likeness (QED) is 0.597. The molecule has 0 aliphatic carbocycles. The summed E-state index contributed by atoms with van der Waals surface area (Å²) in [5.74, 6) is 0.465. The van der Waals surface area contributed by atoms with Crippen molar-refractivity contribution in [2.45, 2.75) is 0 Å². The number of hydrogen-bond acceptors (Lipinski definition) is 5. The Morgan fingerprint density at radius 3 is 2.54 bits per heavy atom. The molecular weight excluding hydrogens is 215 g/mol. The number of nitrogens with one attached hydrogen (secondary N) is 1. The highest BCUT2D eigenvalue weighted by Crippen LogP contribution is 2.12. The summed E-state index contributed by atoms with van der Waals surface area (Å²) in [6.45, 7) is 0. The molecule has 0 aliphatic rings. The van der Waals surface area contributed by atoms with Crippen LogP contribution in [0.2, 0.25) is 0 Å². The van der Waals surface area contributed by atoms with E-state index in [1.165, 1.54) is 6.33 Å². The molecule has 0 aromatic carbocycles.